The van der Waals surface area contributed by atoms with E-state index in [9.17, 15) is 0 Å². The maximum atomic E-state index is 4.35. The molecule has 0 fully saturated rings. The van der Waals surface area contributed by atoms with Crippen molar-refractivity contribution in [1.29, 1.82) is 0 Å². The Morgan fingerprint density at radius 2 is 2.06 bits per heavy atom. The molecule has 1 atom stereocenters. The van der Waals surface area contributed by atoms with Crippen LogP contribution in [0.4, 0.5) is 0 Å². The molecule has 0 amide bonds. The number of rotatable bonds is 7. The minimum absolute atomic E-state index is 0.572. The first kappa shape index (κ1) is 14.1. The highest BCUT2D eigenvalue weighted by Gasteiger charge is 2.09. The van der Waals surface area contributed by atoms with Gasteiger partial charge in [0.05, 0.1) is 5.69 Å². The third kappa shape index (κ3) is 5.80. The molecule has 1 aromatic heterocycles. The highest BCUT2D eigenvalue weighted by Crippen LogP contribution is 2.05. The van der Waals surface area contributed by atoms with Crippen LogP contribution < -0.4 is 5.32 Å². The Morgan fingerprint density at radius 3 is 2.65 bits per heavy atom. The van der Waals surface area contributed by atoms with Crippen LogP contribution in [0.25, 0.3) is 0 Å². The molecule has 1 rings (SSSR count). The van der Waals surface area contributed by atoms with E-state index in [0.717, 1.165) is 18.8 Å². The molecule has 1 heterocycles. The molecule has 0 aromatic carbocycles. The van der Waals surface area contributed by atoms with Crippen LogP contribution in [-0.4, -0.2) is 35.6 Å². The lowest BCUT2D eigenvalue weighted by atomic mass is 10.2. The smallest absolute Gasteiger partial charge is 0.0543 e. The minimum atomic E-state index is 0.572. The molecule has 1 unspecified atom stereocenters. The molecule has 0 saturated heterocycles. The average Bonchev–Trinajstić information content (AvgIpc) is 2.29. The van der Waals surface area contributed by atoms with Gasteiger partial charge in [0, 0.05) is 24.8 Å². The normalized spacial score (nSPS) is 13.3. The zero-order chi connectivity index (χ0) is 12.7. The summed E-state index contributed by atoms with van der Waals surface area (Å²) in [6.45, 7) is 8.63. The van der Waals surface area contributed by atoms with Crippen molar-refractivity contribution in [2.45, 2.75) is 45.8 Å². The van der Waals surface area contributed by atoms with Gasteiger partial charge in [-0.1, -0.05) is 19.9 Å². The first-order chi connectivity index (χ1) is 8.09. The van der Waals surface area contributed by atoms with Gasteiger partial charge in [0.15, 0.2) is 0 Å². The Morgan fingerprint density at radius 1 is 1.29 bits per heavy atom. The van der Waals surface area contributed by atoms with Gasteiger partial charge in [0.1, 0.15) is 0 Å². The van der Waals surface area contributed by atoms with Crippen molar-refractivity contribution in [3.05, 3.63) is 30.1 Å². The van der Waals surface area contributed by atoms with Gasteiger partial charge in [-0.25, -0.2) is 0 Å². The maximum Gasteiger partial charge on any atom is 0.0543 e. The van der Waals surface area contributed by atoms with Crippen LogP contribution in [0, 0.1) is 0 Å². The molecular formula is C14H25N3. The summed E-state index contributed by atoms with van der Waals surface area (Å²) in [4.78, 5) is 6.70. The van der Waals surface area contributed by atoms with Crippen LogP contribution in [0.5, 0.6) is 0 Å². The number of nitrogens with zero attached hydrogens (tertiary/aromatic N) is 2. The number of pyridine rings is 1. The molecule has 1 N–H and O–H groups in total. The van der Waals surface area contributed by atoms with E-state index in [1.165, 1.54) is 6.42 Å². The van der Waals surface area contributed by atoms with Crippen molar-refractivity contribution in [3.8, 4) is 0 Å². The molecule has 0 aliphatic carbocycles. The molecule has 0 spiro atoms. The molecule has 0 radical (unpaired) electrons. The number of nitrogens with one attached hydrogen (secondary N) is 1. The summed E-state index contributed by atoms with van der Waals surface area (Å²) in [6.07, 6.45) is 3.02. The summed E-state index contributed by atoms with van der Waals surface area (Å²) >= 11 is 0. The van der Waals surface area contributed by atoms with Crippen molar-refractivity contribution in [1.82, 2.24) is 15.2 Å². The molecule has 17 heavy (non-hydrogen) atoms. The summed E-state index contributed by atoms with van der Waals surface area (Å²) in [7, 11) is 2.16. The molecule has 1 aromatic rings. The predicted molar refractivity (Wildman–Crippen MR) is 72.9 cm³/mol. The number of hydrogen-bond acceptors (Lipinski definition) is 3. The Labute approximate surface area is 105 Å². The second-order valence-electron chi connectivity index (χ2n) is 4.98. The standard InChI is InChI=1S/C14H25N3/c1-12(2)15-10-8-13(3)17(4)11-14-7-5-6-9-16-14/h5-7,9,12-13,15H,8,10-11H2,1-4H3. The molecular weight excluding hydrogens is 210 g/mol. The van der Waals surface area contributed by atoms with Crippen LogP contribution in [0.15, 0.2) is 24.4 Å². The van der Waals surface area contributed by atoms with E-state index >= 15 is 0 Å². The molecule has 0 saturated carbocycles. The molecule has 0 bridgehead atoms. The molecule has 96 valence electrons. The van der Waals surface area contributed by atoms with Crippen LogP contribution in [-0.2, 0) is 6.54 Å². The fourth-order valence-electron chi connectivity index (χ4n) is 1.70. The third-order valence-corrected chi connectivity index (χ3v) is 3.00. The van der Waals surface area contributed by atoms with E-state index in [2.05, 4.69) is 49.1 Å². The lowest BCUT2D eigenvalue weighted by Gasteiger charge is -2.24. The van der Waals surface area contributed by atoms with Crippen molar-refractivity contribution in [3.63, 3.8) is 0 Å². The first-order valence-electron chi connectivity index (χ1n) is 6.43. The SMILES string of the molecule is CC(C)NCCC(C)N(C)Cc1ccccn1. The predicted octanol–water partition coefficient (Wildman–Crippen LogP) is 2.29. The zero-order valence-electron chi connectivity index (χ0n) is 11.5. The molecule has 0 aliphatic rings. The lowest BCUT2D eigenvalue weighted by molar-refractivity contribution is 0.233. The van der Waals surface area contributed by atoms with Gasteiger partial charge in [0.25, 0.3) is 0 Å². The Balaban J connectivity index is 2.29. The van der Waals surface area contributed by atoms with Gasteiger partial charge in [-0.2, -0.15) is 0 Å². The average molecular weight is 235 g/mol. The monoisotopic (exact) mass is 235 g/mol. The second-order valence-corrected chi connectivity index (χ2v) is 4.98. The van der Waals surface area contributed by atoms with Gasteiger partial charge < -0.3 is 5.32 Å². The molecule has 0 aliphatic heterocycles. The summed E-state index contributed by atoms with van der Waals surface area (Å²) in [5, 5.41) is 3.45. The Kier molecular flexibility index (Phi) is 6.16. The van der Waals surface area contributed by atoms with Crippen molar-refractivity contribution < 1.29 is 0 Å². The Bertz CT molecular complexity index is 298. The van der Waals surface area contributed by atoms with E-state index in [-0.39, 0.29) is 0 Å². The van der Waals surface area contributed by atoms with Gasteiger partial charge in [-0.15, -0.1) is 0 Å². The second kappa shape index (κ2) is 7.41. The fraction of sp³-hybridized carbons (Fsp3) is 0.643. The first-order valence-corrected chi connectivity index (χ1v) is 6.43. The molecule has 3 nitrogen and oxygen atoms in total. The summed E-state index contributed by atoms with van der Waals surface area (Å²) in [5.41, 5.74) is 1.14. The topological polar surface area (TPSA) is 28.2 Å². The van der Waals surface area contributed by atoms with Gasteiger partial charge in [0.2, 0.25) is 0 Å². The Hall–Kier alpha value is -0.930. The van der Waals surface area contributed by atoms with E-state index in [0.29, 0.717) is 12.1 Å². The van der Waals surface area contributed by atoms with Crippen LogP contribution in [0.3, 0.4) is 0 Å². The van der Waals surface area contributed by atoms with Gasteiger partial charge in [-0.05, 0) is 39.1 Å². The van der Waals surface area contributed by atoms with E-state index in [1.54, 1.807) is 0 Å². The van der Waals surface area contributed by atoms with Gasteiger partial charge in [-0.3, -0.25) is 9.88 Å². The lowest BCUT2D eigenvalue weighted by Crippen LogP contribution is -2.33. The zero-order valence-corrected chi connectivity index (χ0v) is 11.5. The van der Waals surface area contributed by atoms with Crippen molar-refractivity contribution in [2.75, 3.05) is 13.6 Å². The maximum absolute atomic E-state index is 4.35. The minimum Gasteiger partial charge on any atom is -0.314 e. The summed E-state index contributed by atoms with van der Waals surface area (Å²) in [5.74, 6) is 0. The summed E-state index contributed by atoms with van der Waals surface area (Å²) in [6, 6.07) is 7.22. The van der Waals surface area contributed by atoms with Crippen LogP contribution in [0.1, 0.15) is 32.9 Å². The number of hydrogen-bond donors (Lipinski definition) is 1. The highest BCUT2D eigenvalue weighted by molar-refractivity contribution is 5.03. The van der Waals surface area contributed by atoms with E-state index in [4.69, 9.17) is 0 Å². The highest BCUT2D eigenvalue weighted by atomic mass is 15.1. The third-order valence-electron chi connectivity index (χ3n) is 3.00. The summed E-state index contributed by atoms with van der Waals surface area (Å²) < 4.78 is 0. The van der Waals surface area contributed by atoms with Crippen molar-refractivity contribution in [2.24, 2.45) is 0 Å². The van der Waals surface area contributed by atoms with Crippen LogP contribution in [0.2, 0.25) is 0 Å². The van der Waals surface area contributed by atoms with E-state index < -0.39 is 0 Å². The largest absolute Gasteiger partial charge is 0.314 e. The quantitative estimate of drug-likeness (QED) is 0.786. The van der Waals surface area contributed by atoms with Crippen LogP contribution >= 0.6 is 0 Å². The van der Waals surface area contributed by atoms with Crippen molar-refractivity contribution >= 4 is 0 Å². The fourth-order valence-corrected chi connectivity index (χ4v) is 1.70. The van der Waals surface area contributed by atoms with E-state index in [1.807, 2.05) is 18.3 Å². The van der Waals surface area contributed by atoms with Gasteiger partial charge >= 0.3 is 0 Å². The molecule has 3 heteroatoms. The number of aromatic nitrogens is 1.